The molecular formula is C27H23Cl2NO3. The number of carbonyl (C=O) groups is 2. The summed E-state index contributed by atoms with van der Waals surface area (Å²) in [5, 5.41) is 0.995. The zero-order valence-corrected chi connectivity index (χ0v) is 19.6. The third-order valence-corrected chi connectivity index (χ3v) is 6.52. The molecule has 0 radical (unpaired) electrons. The SMILES string of the molecule is CCOc1ccccc1C1=C[C@](C=O)(c2ccc(Cl)cc2N)[C@H](c2cccc(Cl)c2)CC1=O. The van der Waals surface area contributed by atoms with Gasteiger partial charge in [-0.3, -0.25) is 4.79 Å². The number of hydrogen-bond donors (Lipinski definition) is 1. The predicted molar refractivity (Wildman–Crippen MR) is 133 cm³/mol. The lowest BCUT2D eigenvalue weighted by Crippen LogP contribution is -2.39. The molecule has 0 aromatic heterocycles. The molecule has 33 heavy (non-hydrogen) atoms. The molecule has 2 N–H and O–H groups in total. The Morgan fingerprint density at radius 2 is 1.82 bits per heavy atom. The normalized spacial score (nSPS) is 20.3. The van der Waals surface area contributed by atoms with Crippen LogP contribution in [0.2, 0.25) is 10.0 Å². The lowest BCUT2D eigenvalue weighted by atomic mass is 9.61. The third-order valence-electron chi connectivity index (χ3n) is 6.05. The number of nitrogens with two attached hydrogens (primary N) is 1. The van der Waals surface area contributed by atoms with E-state index in [1.54, 1.807) is 36.4 Å². The van der Waals surface area contributed by atoms with Crippen LogP contribution in [0.1, 0.15) is 36.0 Å². The Hall–Kier alpha value is -3.08. The summed E-state index contributed by atoms with van der Waals surface area (Å²) in [4.78, 5) is 26.4. The van der Waals surface area contributed by atoms with E-state index in [0.29, 0.717) is 44.8 Å². The number of ketones is 1. The van der Waals surface area contributed by atoms with Crippen molar-refractivity contribution in [3.63, 3.8) is 0 Å². The molecule has 0 unspecified atom stereocenters. The highest BCUT2D eigenvalue weighted by Crippen LogP contribution is 2.50. The topological polar surface area (TPSA) is 69.4 Å². The molecule has 0 saturated heterocycles. The van der Waals surface area contributed by atoms with Gasteiger partial charge in [0, 0.05) is 39.2 Å². The monoisotopic (exact) mass is 479 g/mol. The number of ether oxygens (including phenoxy) is 1. The number of carbonyl (C=O) groups excluding carboxylic acids is 2. The Morgan fingerprint density at radius 1 is 1.06 bits per heavy atom. The van der Waals surface area contributed by atoms with Crippen LogP contribution in [0.3, 0.4) is 0 Å². The molecule has 168 valence electrons. The van der Waals surface area contributed by atoms with E-state index >= 15 is 0 Å². The van der Waals surface area contributed by atoms with Crippen molar-refractivity contribution in [3.05, 3.63) is 99.5 Å². The highest BCUT2D eigenvalue weighted by molar-refractivity contribution is 6.31. The van der Waals surface area contributed by atoms with Gasteiger partial charge < -0.3 is 15.3 Å². The van der Waals surface area contributed by atoms with Crippen molar-refractivity contribution < 1.29 is 14.3 Å². The first-order chi connectivity index (χ1) is 15.9. The summed E-state index contributed by atoms with van der Waals surface area (Å²) in [7, 11) is 0. The fraction of sp³-hybridized carbons (Fsp3) is 0.185. The van der Waals surface area contributed by atoms with Gasteiger partial charge in [-0.1, -0.05) is 65.7 Å². The second-order valence-corrected chi connectivity index (χ2v) is 8.88. The maximum Gasteiger partial charge on any atom is 0.164 e. The molecule has 6 heteroatoms. The van der Waals surface area contributed by atoms with E-state index in [1.807, 2.05) is 43.3 Å². The summed E-state index contributed by atoms with van der Waals surface area (Å²) in [6.45, 7) is 2.33. The number of halogens is 2. The Balaban J connectivity index is 2.01. The maximum absolute atomic E-state index is 13.5. The van der Waals surface area contributed by atoms with Gasteiger partial charge in [-0.15, -0.1) is 0 Å². The highest BCUT2D eigenvalue weighted by Gasteiger charge is 2.46. The van der Waals surface area contributed by atoms with Crippen molar-refractivity contribution in [2.24, 2.45) is 0 Å². The van der Waals surface area contributed by atoms with E-state index in [9.17, 15) is 9.59 Å². The van der Waals surface area contributed by atoms with Gasteiger partial charge in [0.2, 0.25) is 0 Å². The number of para-hydroxylation sites is 1. The van der Waals surface area contributed by atoms with Gasteiger partial charge in [-0.2, -0.15) is 0 Å². The molecule has 0 aliphatic heterocycles. The number of hydrogen-bond acceptors (Lipinski definition) is 4. The van der Waals surface area contributed by atoms with Crippen molar-refractivity contribution >= 4 is 46.5 Å². The van der Waals surface area contributed by atoms with Crippen LogP contribution in [0.5, 0.6) is 5.75 Å². The van der Waals surface area contributed by atoms with Crippen molar-refractivity contribution in [1.29, 1.82) is 0 Å². The minimum Gasteiger partial charge on any atom is -0.493 e. The first kappa shape index (κ1) is 23.1. The van der Waals surface area contributed by atoms with Crippen molar-refractivity contribution in [2.75, 3.05) is 12.3 Å². The molecule has 0 bridgehead atoms. The molecule has 4 nitrogen and oxygen atoms in total. The van der Waals surface area contributed by atoms with E-state index < -0.39 is 11.3 Å². The number of nitrogen functional groups attached to an aromatic ring is 1. The smallest absolute Gasteiger partial charge is 0.164 e. The summed E-state index contributed by atoms with van der Waals surface area (Å²) in [5.41, 5.74) is 7.99. The molecule has 0 fully saturated rings. The molecule has 0 heterocycles. The second-order valence-electron chi connectivity index (χ2n) is 8.00. The molecule has 1 aliphatic carbocycles. The van der Waals surface area contributed by atoms with Crippen LogP contribution < -0.4 is 10.5 Å². The van der Waals surface area contributed by atoms with Gasteiger partial charge >= 0.3 is 0 Å². The fourth-order valence-corrected chi connectivity index (χ4v) is 4.95. The molecule has 2 atom stereocenters. The quantitative estimate of drug-likeness (QED) is 0.335. The first-order valence-electron chi connectivity index (χ1n) is 10.6. The van der Waals surface area contributed by atoms with E-state index in [1.165, 1.54) is 0 Å². The number of rotatable bonds is 6. The van der Waals surface area contributed by atoms with E-state index in [4.69, 9.17) is 33.7 Å². The lowest BCUT2D eigenvalue weighted by molar-refractivity contribution is -0.116. The molecule has 0 saturated carbocycles. The predicted octanol–water partition coefficient (Wildman–Crippen LogP) is 6.25. The fourth-order valence-electron chi connectivity index (χ4n) is 4.57. The second kappa shape index (κ2) is 9.42. The molecule has 3 aromatic carbocycles. The summed E-state index contributed by atoms with van der Waals surface area (Å²) < 4.78 is 5.77. The minimum atomic E-state index is -1.21. The highest BCUT2D eigenvalue weighted by atomic mass is 35.5. The Kier molecular flexibility index (Phi) is 6.59. The van der Waals surface area contributed by atoms with Gasteiger partial charge in [0.25, 0.3) is 0 Å². The molecule has 0 amide bonds. The number of allylic oxidation sites excluding steroid dienone is 2. The van der Waals surface area contributed by atoms with Gasteiger partial charge in [0.15, 0.2) is 5.78 Å². The van der Waals surface area contributed by atoms with Crippen LogP contribution in [-0.4, -0.2) is 18.7 Å². The van der Waals surface area contributed by atoms with Crippen LogP contribution >= 0.6 is 23.2 Å². The Labute approximate surface area is 203 Å². The molecule has 3 aromatic rings. The average molecular weight is 480 g/mol. The first-order valence-corrected chi connectivity index (χ1v) is 11.4. The Morgan fingerprint density at radius 3 is 2.52 bits per heavy atom. The van der Waals surface area contributed by atoms with E-state index in [2.05, 4.69) is 0 Å². The summed E-state index contributed by atoms with van der Waals surface area (Å²) >= 11 is 12.4. The lowest BCUT2D eigenvalue weighted by Gasteiger charge is -2.39. The van der Waals surface area contributed by atoms with Gasteiger partial charge in [-0.25, -0.2) is 0 Å². The molecular weight excluding hydrogens is 457 g/mol. The van der Waals surface area contributed by atoms with E-state index in [0.717, 1.165) is 11.8 Å². The van der Waals surface area contributed by atoms with Crippen molar-refractivity contribution in [2.45, 2.75) is 24.7 Å². The molecule has 1 aliphatic rings. The number of Topliss-reactive ketones (excluding diaryl/α,β-unsaturated/α-hetero) is 1. The van der Waals surface area contributed by atoms with Crippen LogP contribution in [-0.2, 0) is 15.0 Å². The Bertz CT molecular complexity index is 1250. The largest absolute Gasteiger partial charge is 0.493 e. The minimum absolute atomic E-state index is 0.0860. The van der Waals surface area contributed by atoms with Gasteiger partial charge in [-0.05, 0) is 48.4 Å². The van der Waals surface area contributed by atoms with Crippen molar-refractivity contribution in [3.8, 4) is 5.75 Å². The van der Waals surface area contributed by atoms with Crippen LogP contribution in [0.15, 0.2) is 72.8 Å². The van der Waals surface area contributed by atoms with Crippen LogP contribution in [0.25, 0.3) is 5.57 Å². The van der Waals surface area contributed by atoms with Crippen LogP contribution in [0.4, 0.5) is 5.69 Å². The van der Waals surface area contributed by atoms with E-state index in [-0.39, 0.29) is 12.2 Å². The van der Waals surface area contributed by atoms with Gasteiger partial charge in [0.05, 0.1) is 12.0 Å². The average Bonchev–Trinajstić information content (AvgIpc) is 2.80. The zero-order chi connectivity index (χ0) is 23.6. The third kappa shape index (κ3) is 4.29. The van der Waals surface area contributed by atoms with Crippen molar-refractivity contribution in [1.82, 2.24) is 0 Å². The maximum atomic E-state index is 13.5. The molecule has 0 spiro atoms. The molecule has 4 rings (SSSR count). The standard InChI is InChI=1S/C27H23Cl2NO3/c1-2-33-26-9-4-3-8-20(26)21-15-27(16-31,22-11-10-19(29)13-24(22)30)23(14-25(21)32)17-6-5-7-18(28)12-17/h3-13,15-16,23H,2,14,30H2,1H3/t23-,27-/m0/s1. The summed E-state index contributed by atoms with van der Waals surface area (Å²) in [6, 6.07) is 19.6. The zero-order valence-electron chi connectivity index (χ0n) is 18.1. The summed E-state index contributed by atoms with van der Waals surface area (Å²) in [5.74, 6) is 0.00880. The summed E-state index contributed by atoms with van der Waals surface area (Å²) in [6.07, 6.45) is 2.70. The number of benzene rings is 3. The van der Waals surface area contributed by atoms with Gasteiger partial charge in [0.1, 0.15) is 12.0 Å². The van der Waals surface area contributed by atoms with Crippen LogP contribution in [0, 0.1) is 0 Å². The number of aldehydes is 1. The number of anilines is 1.